The number of carbonyl (C=O) groups is 1. The second kappa shape index (κ2) is 5.61. The van der Waals surface area contributed by atoms with Crippen molar-refractivity contribution in [3.05, 3.63) is 0 Å². The third-order valence-corrected chi connectivity index (χ3v) is 3.54. The number of Topliss-reactive ketones (excluding diaryl/α,β-unsaturated/α-hetero) is 1. The van der Waals surface area contributed by atoms with Crippen LogP contribution >= 0.6 is 0 Å². The van der Waals surface area contributed by atoms with Crippen molar-refractivity contribution in [1.82, 2.24) is 5.32 Å². The molecular formula is C13H23F2NO2. The summed E-state index contributed by atoms with van der Waals surface area (Å²) in [6, 6.07) is -0.412. The molecular weight excluding hydrogens is 240 g/mol. The Morgan fingerprint density at radius 2 is 1.94 bits per heavy atom. The zero-order valence-corrected chi connectivity index (χ0v) is 11.7. The Bertz CT molecular complexity index is 302. The molecule has 0 saturated carbocycles. The summed E-state index contributed by atoms with van der Waals surface area (Å²) in [5.41, 5.74) is -0.484. The molecule has 1 aliphatic heterocycles. The van der Waals surface area contributed by atoms with Crippen molar-refractivity contribution in [3.63, 3.8) is 0 Å². The topological polar surface area (TPSA) is 38.3 Å². The fraction of sp³-hybridized carbons (Fsp3) is 0.923. The van der Waals surface area contributed by atoms with Crippen LogP contribution in [0.15, 0.2) is 0 Å². The van der Waals surface area contributed by atoms with Crippen LogP contribution in [0.25, 0.3) is 0 Å². The average molecular weight is 263 g/mol. The van der Waals surface area contributed by atoms with Crippen molar-refractivity contribution in [1.29, 1.82) is 0 Å². The van der Waals surface area contributed by atoms with Gasteiger partial charge >= 0.3 is 0 Å². The first-order valence-corrected chi connectivity index (χ1v) is 6.29. The predicted octanol–water partition coefficient (Wildman–Crippen LogP) is 2.45. The molecule has 0 aliphatic carbocycles. The van der Waals surface area contributed by atoms with E-state index in [1.54, 1.807) is 0 Å². The van der Waals surface area contributed by atoms with Gasteiger partial charge in [0.05, 0.1) is 12.0 Å². The van der Waals surface area contributed by atoms with Gasteiger partial charge in [-0.05, 0) is 12.3 Å². The van der Waals surface area contributed by atoms with Crippen molar-refractivity contribution < 1.29 is 18.3 Å². The van der Waals surface area contributed by atoms with Gasteiger partial charge in [0.1, 0.15) is 6.23 Å². The lowest BCUT2D eigenvalue weighted by Gasteiger charge is -2.41. The van der Waals surface area contributed by atoms with E-state index in [0.717, 1.165) is 0 Å². The monoisotopic (exact) mass is 263 g/mol. The largest absolute Gasteiger partial charge is 0.366 e. The molecule has 0 aromatic rings. The van der Waals surface area contributed by atoms with Crippen molar-refractivity contribution >= 4 is 5.78 Å². The average Bonchev–Trinajstić information content (AvgIpc) is 2.26. The van der Waals surface area contributed by atoms with Crippen molar-refractivity contribution in [3.8, 4) is 0 Å². The number of piperidine rings is 1. The molecule has 5 heteroatoms. The molecule has 0 aromatic heterocycles. The standard InChI is InChI=1S/C13H23F2NO2/c1-7-6-8(11(14)15)12(18-5)16-9(7)10(17)13(2,3)4/h7-9,11-12,16H,6H2,1-5H3. The van der Waals surface area contributed by atoms with Gasteiger partial charge in [0.15, 0.2) is 5.78 Å². The molecule has 0 bridgehead atoms. The van der Waals surface area contributed by atoms with Crippen molar-refractivity contribution in [2.45, 2.75) is 52.8 Å². The molecule has 4 atom stereocenters. The predicted molar refractivity (Wildman–Crippen MR) is 65.5 cm³/mol. The maximum atomic E-state index is 12.9. The molecule has 0 amide bonds. The van der Waals surface area contributed by atoms with Gasteiger partial charge in [0.2, 0.25) is 6.43 Å². The fourth-order valence-electron chi connectivity index (χ4n) is 2.43. The minimum absolute atomic E-state index is 0.0461. The minimum atomic E-state index is -2.43. The summed E-state index contributed by atoms with van der Waals surface area (Å²) in [5.74, 6) is -0.916. The number of carbonyl (C=O) groups excluding carboxylic acids is 1. The van der Waals surface area contributed by atoms with E-state index in [1.165, 1.54) is 7.11 Å². The van der Waals surface area contributed by atoms with E-state index in [-0.39, 0.29) is 11.7 Å². The highest BCUT2D eigenvalue weighted by molar-refractivity contribution is 5.89. The van der Waals surface area contributed by atoms with Crippen LogP contribution in [0, 0.1) is 17.3 Å². The van der Waals surface area contributed by atoms with Gasteiger partial charge in [0, 0.05) is 12.5 Å². The van der Waals surface area contributed by atoms with Gasteiger partial charge in [-0.25, -0.2) is 8.78 Å². The van der Waals surface area contributed by atoms with Crippen LogP contribution in [0.3, 0.4) is 0 Å². The number of nitrogens with one attached hydrogen (secondary N) is 1. The molecule has 0 aromatic carbocycles. The van der Waals surface area contributed by atoms with Crippen molar-refractivity contribution in [2.24, 2.45) is 17.3 Å². The van der Waals surface area contributed by atoms with E-state index >= 15 is 0 Å². The second-order valence-electron chi connectivity index (χ2n) is 6.13. The summed E-state index contributed by atoms with van der Waals surface area (Å²) >= 11 is 0. The second-order valence-corrected chi connectivity index (χ2v) is 6.13. The minimum Gasteiger partial charge on any atom is -0.366 e. The number of hydrogen-bond donors (Lipinski definition) is 1. The smallest absolute Gasteiger partial charge is 0.245 e. The van der Waals surface area contributed by atoms with E-state index in [0.29, 0.717) is 6.42 Å². The van der Waals surface area contributed by atoms with Crippen LogP contribution in [0.2, 0.25) is 0 Å². The lowest BCUT2D eigenvalue weighted by molar-refractivity contribution is -0.138. The highest BCUT2D eigenvalue weighted by Crippen LogP contribution is 2.33. The van der Waals surface area contributed by atoms with E-state index < -0.39 is 30.0 Å². The van der Waals surface area contributed by atoms with Gasteiger partial charge in [-0.2, -0.15) is 0 Å². The first-order chi connectivity index (χ1) is 8.18. The number of halogens is 2. The van der Waals surface area contributed by atoms with Gasteiger partial charge in [0.25, 0.3) is 0 Å². The first-order valence-electron chi connectivity index (χ1n) is 6.29. The molecule has 1 N–H and O–H groups in total. The van der Waals surface area contributed by atoms with Crippen LogP contribution in [0.4, 0.5) is 8.78 Å². The highest BCUT2D eigenvalue weighted by atomic mass is 19.3. The highest BCUT2D eigenvalue weighted by Gasteiger charge is 2.44. The Morgan fingerprint density at radius 1 is 1.39 bits per heavy atom. The van der Waals surface area contributed by atoms with E-state index in [1.807, 2.05) is 27.7 Å². The number of hydrogen-bond acceptors (Lipinski definition) is 3. The zero-order valence-electron chi connectivity index (χ0n) is 11.7. The zero-order chi connectivity index (χ0) is 14.1. The molecule has 18 heavy (non-hydrogen) atoms. The SMILES string of the molecule is COC1NC(C(=O)C(C)(C)C)C(C)CC1C(F)F. The lowest BCUT2D eigenvalue weighted by Crippen LogP contribution is -2.59. The molecule has 1 saturated heterocycles. The molecule has 1 aliphatic rings. The van der Waals surface area contributed by atoms with E-state index in [9.17, 15) is 13.6 Å². The summed E-state index contributed by atoms with van der Waals surface area (Å²) in [4.78, 5) is 12.3. The number of rotatable bonds is 3. The summed E-state index contributed by atoms with van der Waals surface area (Å²) in [7, 11) is 1.39. The summed E-state index contributed by atoms with van der Waals surface area (Å²) in [6.45, 7) is 7.35. The molecule has 0 spiro atoms. The molecule has 1 rings (SSSR count). The maximum absolute atomic E-state index is 12.9. The molecule has 1 heterocycles. The molecule has 4 unspecified atom stereocenters. The molecule has 1 fully saturated rings. The third kappa shape index (κ3) is 3.26. The summed E-state index contributed by atoms with van der Waals surface area (Å²) in [6.07, 6.45) is -2.89. The van der Waals surface area contributed by atoms with Gasteiger partial charge < -0.3 is 4.74 Å². The Kier molecular flexibility index (Phi) is 4.84. The molecule has 0 radical (unpaired) electrons. The first kappa shape index (κ1) is 15.5. The Labute approximate surface area is 107 Å². The quantitative estimate of drug-likeness (QED) is 0.850. The van der Waals surface area contributed by atoms with Crippen LogP contribution < -0.4 is 5.32 Å². The number of methoxy groups -OCH3 is 1. The van der Waals surface area contributed by atoms with Gasteiger partial charge in [-0.3, -0.25) is 10.1 Å². The van der Waals surface area contributed by atoms with Gasteiger partial charge in [-0.15, -0.1) is 0 Å². The van der Waals surface area contributed by atoms with Crippen molar-refractivity contribution in [2.75, 3.05) is 7.11 Å². The normalized spacial score (nSPS) is 33.8. The summed E-state index contributed by atoms with van der Waals surface area (Å²) < 4.78 is 30.8. The van der Waals surface area contributed by atoms with Gasteiger partial charge in [-0.1, -0.05) is 27.7 Å². The number of ether oxygens (including phenoxy) is 1. The van der Waals surface area contributed by atoms with Crippen LogP contribution in [0.1, 0.15) is 34.1 Å². The third-order valence-electron chi connectivity index (χ3n) is 3.54. The number of ketones is 1. The Morgan fingerprint density at radius 3 is 2.33 bits per heavy atom. The fourth-order valence-corrected chi connectivity index (χ4v) is 2.43. The van der Waals surface area contributed by atoms with E-state index in [4.69, 9.17) is 4.74 Å². The van der Waals surface area contributed by atoms with Crippen LogP contribution in [-0.4, -0.2) is 31.6 Å². The Hall–Kier alpha value is -0.550. The van der Waals surface area contributed by atoms with E-state index in [2.05, 4.69) is 5.32 Å². The molecule has 106 valence electrons. The number of alkyl halides is 2. The lowest BCUT2D eigenvalue weighted by atomic mass is 9.76. The molecule has 3 nitrogen and oxygen atoms in total. The maximum Gasteiger partial charge on any atom is 0.245 e. The Balaban J connectivity index is 2.84. The van der Waals surface area contributed by atoms with Crippen LogP contribution in [-0.2, 0) is 9.53 Å². The van der Waals surface area contributed by atoms with Crippen LogP contribution in [0.5, 0.6) is 0 Å². The summed E-state index contributed by atoms with van der Waals surface area (Å²) in [5, 5.41) is 2.94.